The first kappa shape index (κ1) is 16.0. The van der Waals surface area contributed by atoms with Gasteiger partial charge in [-0.1, -0.05) is 18.2 Å². The van der Waals surface area contributed by atoms with E-state index in [1.165, 1.54) is 11.9 Å². The van der Waals surface area contributed by atoms with Gasteiger partial charge >= 0.3 is 6.18 Å². The second-order valence-electron chi connectivity index (χ2n) is 4.55. The summed E-state index contributed by atoms with van der Waals surface area (Å²) in [5.74, 6) is -0.661. The van der Waals surface area contributed by atoms with Crippen molar-refractivity contribution < 1.29 is 23.1 Å². The summed E-state index contributed by atoms with van der Waals surface area (Å²) in [4.78, 5) is 13.7. The normalized spacial score (nSPS) is 11.5. The van der Waals surface area contributed by atoms with Crippen molar-refractivity contribution in [3.05, 3.63) is 47.8 Å². The highest BCUT2D eigenvalue weighted by Gasteiger charge is 2.36. The molecule has 0 saturated heterocycles. The van der Waals surface area contributed by atoms with Crippen molar-refractivity contribution in [3.63, 3.8) is 0 Å². The van der Waals surface area contributed by atoms with E-state index in [-0.39, 0.29) is 18.8 Å². The van der Waals surface area contributed by atoms with Crippen LogP contribution in [-0.2, 0) is 13.2 Å². The Labute approximate surface area is 124 Å². The molecule has 1 amide bonds. The number of hydrogen-bond acceptors (Lipinski definition) is 3. The zero-order valence-corrected chi connectivity index (χ0v) is 11.7. The van der Waals surface area contributed by atoms with Gasteiger partial charge in [0.05, 0.1) is 6.61 Å². The zero-order chi connectivity index (χ0) is 16.3. The molecule has 0 unspecified atom stereocenters. The summed E-state index contributed by atoms with van der Waals surface area (Å²) < 4.78 is 38.9. The molecule has 0 bridgehead atoms. The smallest absolute Gasteiger partial charge is 0.395 e. The third-order valence-electron chi connectivity index (χ3n) is 3.03. The molecule has 0 aliphatic carbocycles. The van der Waals surface area contributed by atoms with Gasteiger partial charge in [0.25, 0.3) is 5.91 Å². The predicted molar refractivity (Wildman–Crippen MR) is 73.4 cm³/mol. The standard InChI is InChI=1S/C14H14F3N3O2/c1-19-11(9-12(18-19)14(15,16)17)13(22)20(7-8-21)10-5-3-2-4-6-10/h2-6,9,21H,7-8H2,1H3. The number of halogens is 3. The number of amides is 1. The molecule has 2 aromatic rings. The van der Waals surface area contributed by atoms with Crippen molar-refractivity contribution in [2.24, 2.45) is 7.05 Å². The SMILES string of the molecule is Cn1nc(C(F)(F)F)cc1C(=O)N(CCO)c1ccccc1. The summed E-state index contributed by atoms with van der Waals surface area (Å²) in [6, 6.07) is 9.10. The molecule has 8 heteroatoms. The minimum Gasteiger partial charge on any atom is -0.395 e. The van der Waals surface area contributed by atoms with Crippen LogP contribution in [0.15, 0.2) is 36.4 Å². The molecule has 2 rings (SSSR count). The monoisotopic (exact) mass is 313 g/mol. The molecule has 0 aliphatic heterocycles. The average molecular weight is 313 g/mol. The zero-order valence-electron chi connectivity index (χ0n) is 11.7. The number of carbonyl (C=O) groups is 1. The Morgan fingerprint density at radius 2 is 1.95 bits per heavy atom. The maximum atomic E-state index is 12.7. The minimum absolute atomic E-state index is 0.0324. The lowest BCUT2D eigenvalue weighted by molar-refractivity contribution is -0.141. The lowest BCUT2D eigenvalue weighted by Crippen LogP contribution is -2.34. The van der Waals surface area contributed by atoms with Crippen LogP contribution in [0.4, 0.5) is 18.9 Å². The van der Waals surface area contributed by atoms with Crippen LogP contribution in [0.1, 0.15) is 16.2 Å². The fourth-order valence-corrected chi connectivity index (χ4v) is 2.00. The fraction of sp³-hybridized carbons (Fsp3) is 0.286. The number of rotatable bonds is 4. The van der Waals surface area contributed by atoms with Crippen LogP contribution in [0.25, 0.3) is 0 Å². The Balaban J connectivity index is 2.38. The van der Waals surface area contributed by atoms with Crippen LogP contribution in [0.2, 0.25) is 0 Å². The first-order valence-corrected chi connectivity index (χ1v) is 6.43. The van der Waals surface area contributed by atoms with Crippen LogP contribution >= 0.6 is 0 Å². The Morgan fingerprint density at radius 3 is 2.45 bits per heavy atom. The fourth-order valence-electron chi connectivity index (χ4n) is 2.00. The number of para-hydroxylation sites is 1. The van der Waals surface area contributed by atoms with Gasteiger partial charge in [0, 0.05) is 25.3 Å². The molecule has 0 fully saturated rings. The van der Waals surface area contributed by atoms with Crippen molar-refractivity contribution in [1.82, 2.24) is 9.78 Å². The number of carbonyl (C=O) groups excluding carboxylic acids is 1. The van der Waals surface area contributed by atoms with Gasteiger partial charge in [-0.15, -0.1) is 0 Å². The van der Waals surface area contributed by atoms with E-state index in [0.717, 1.165) is 4.68 Å². The molecular weight excluding hydrogens is 299 g/mol. The Hall–Kier alpha value is -2.35. The second-order valence-corrected chi connectivity index (χ2v) is 4.55. The minimum atomic E-state index is -4.62. The van der Waals surface area contributed by atoms with Gasteiger partial charge in [-0.25, -0.2) is 0 Å². The van der Waals surface area contributed by atoms with Crippen molar-refractivity contribution in [2.75, 3.05) is 18.1 Å². The summed E-state index contributed by atoms with van der Waals surface area (Å²) >= 11 is 0. The maximum Gasteiger partial charge on any atom is 0.435 e. The first-order valence-electron chi connectivity index (χ1n) is 6.43. The second kappa shape index (κ2) is 6.18. The molecule has 0 aliphatic rings. The predicted octanol–water partition coefficient (Wildman–Crippen LogP) is 2.08. The van der Waals surface area contributed by atoms with Crippen molar-refractivity contribution in [3.8, 4) is 0 Å². The summed E-state index contributed by atoms with van der Waals surface area (Å²) in [5.41, 5.74) is -0.851. The lowest BCUT2D eigenvalue weighted by Gasteiger charge is -2.21. The van der Waals surface area contributed by atoms with Gasteiger partial charge in [-0.3, -0.25) is 9.48 Å². The first-order chi connectivity index (χ1) is 10.3. The quantitative estimate of drug-likeness (QED) is 0.940. The number of aryl methyl sites for hydroxylation is 1. The van der Waals surface area contributed by atoms with Crippen molar-refractivity contribution in [1.29, 1.82) is 0 Å². The van der Waals surface area contributed by atoms with Gasteiger partial charge in [-0.05, 0) is 12.1 Å². The topological polar surface area (TPSA) is 58.4 Å². The van der Waals surface area contributed by atoms with E-state index in [4.69, 9.17) is 5.11 Å². The molecule has 1 aromatic carbocycles. The van der Waals surface area contributed by atoms with E-state index in [1.54, 1.807) is 30.3 Å². The lowest BCUT2D eigenvalue weighted by atomic mass is 10.2. The van der Waals surface area contributed by atoms with Gasteiger partial charge in [0.1, 0.15) is 5.69 Å². The molecule has 118 valence electrons. The Morgan fingerprint density at radius 1 is 1.32 bits per heavy atom. The van der Waals surface area contributed by atoms with E-state index >= 15 is 0 Å². The summed E-state index contributed by atoms with van der Waals surface area (Å²) in [6.45, 7) is -0.347. The Kier molecular flexibility index (Phi) is 4.51. The third kappa shape index (κ3) is 3.28. The molecule has 5 nitrogen and oxygen atoms in total. The number of hydrogen-bond donors (Lipinski definition) is 1. The molecule has 1 N–H and O–H groups in total. The van der Waals surface area contributed by atoms with Crippen LogP contribution < -0.4 is 4.90 Å². The average Bonchev–Trinajstić information content (AvgIpc) is 2.87. The number of aromatic nitrogens is 2. The van der Waals surface area contributed by atoms with Crippen molar-refractivity contribution >= 4 is 11.6 Å². The third-order valence-corrected chi connectivity index (χ3v) is 3.03. The van der Waals surface area contributed by atoms with Crippen LogP contribution in [-0.4, -0.2) is 33.9 Å². The van der Waals surface area contributed by atoms with Gasteiger partial charge in [-0.2, -0.15) is 18.3 Å². The molecule has 0 atom stereocenters. The molecular formula is C14H14F3N3O2. The highest BCUT2D eigenvalue weighted by atomic mass is 19.4. The molecule has 22 heavy (non-hydrogen) atoms. The molecule has 0 radical (unpaired) electrons. The van der Waals surface area contributed by atoms with Crippen molar-refractivity contribution in [2.45, 2.75) is 6.18 Å². The number of benzene rings is 1. The summed E-state index contributed by atoms with van der Waals surface area (Å²) in [7, 11) is 1.27. The molecule has 0 spiro atoms. The summed E-state index contributed by atoms with van der Waals surface area (Å²) in [6.07, 6.45) is -4.62. The van der Waals surface area contributed by atoms with E-state index in [2.05, 4.69) is 5.10 Å². The number of aliphatic hydroxyl groups excluding tert-OH is 1. The number of alkyl halides is 3. The van der Waals surface area contributed by atoms with E-state index in [0.29, 0.717) is 11.8 Å². The molecule has 1 aromatic heterocycles. The highest BCUT2D eigenvalue weighted by molar-refractivity contribution is 6.05. The maximum absolute atomic E-state index is 12.7. The number of aliphatic hydroxyl groups is 1. The molecule has 1 heterocycles. The van der Waals surface area contributed by atoms with E-state index < -0.39 is 17.8 Å². The largest absolute Gasteiger partial charge is 0.435 e. The van der Waals surface area contributed by atoms with Crippen LogP contribution in [0.3, 0.4) is 0 Å². The number of nitrogens with zero attached hydrogens (tertiary/aromatic N) is 3. The van der Waals surface area contributed by atoms with Gasteiger partial charge in [0.15, 0.2) is 5.69 Å². The highest BCUT2D eigenvalue weighted by Crippen LogP contribution is 2.29. The Bertz CT molecular complexity index is 653. The van der Waals surface area contributed by atoms with Gasteiger partial charge < -0.3 is 10.0 Å². The van der Waals surface area contributed by atoms with Crippen LogP contribution in [0, 0.1) is 0 Å². The molecule has 0 saturated carbocycles. The van der Waals surface area contributed by atoms with E-state index in [9.17, 15) is 18.0 Å². The summed E-state index contributed by atoms with van der Waals surface area (Å²) in [5, 5.41) is 12.4. The van der Waals surface area contributed by atoms with E-state index in [1.807, 2.05) is 0 Å². The number of anilines is 1. The van der Waals surface area contributed by atoms with Gasteiger partial charge in [0.2, 0.25) is 0 Å². The van der Waals surface area contributed by atoms with Crippen LogP contribution in [0.5, 0.6) is 0 Å².